The number of halogens is 3. The number of aromatic nitrogens is 1. The summed E-state index contributed by atoms with van der Waals surface area (Å²) in [6.45, 7) is 0.329. The lowest BCUT2D eigenvalue weighted by Gasteiger charge is -2.26. The van der Waals surface area contributed by atoms with Crippen LogP contribution in [0.25, 0.3) is 0 Å². The van der Waals surface area contributed by atoms with Crippen molar-refractivity contribution >= 4 is 6.09 Å². The number of carboxylic acid groups (broad SMARTS) is 1. The van der Waals surface area contributed by atoms with Crippen LogP contribution in [0.15, 0.2) is 18.3 Å². The van der Waals surface area contributed by atoms with E-state index in [0.29, 0.717) is 25.1 Å². The van der Waals surface area contributed by atoms with Crippen molar-refractivity contribution in [3.8, 4) is 0 Å². The summed E-state index contributed by atoms with van der Waals surface area (Å²) in [7, 11) is 0. The normalized spacial score (nSPS) is 20.2. The summed E-state index contributed by atoms with van der Waals surface area (Å²) < 4.78 is 37.0. The van der Waals surface area contributed by atoms with Gasteiger partial charge in [-0.25, -0.2) is 0 Å². The molecule has 1 amide bonds. The van der Waals surface area contributed by atoms with Crippen molar-refractivity contribution in [2.24, 2.45) is 0 Å². The van der Waals surface area contributed by atoms with Crippen LogP contribution in [0.2, 0.25) is 0 Å². The lowest BCUT2D eigenvalue weighted by molar-refractivity contribution is -0.266. The molecule has 0 spiro atoms. The Labute approximate surface area is 101 Å². The van der Waals surface area contributed by atoms with E-state index in [1.54, 1.807) is 0 Å². The molecule has 18 heavy (non-hydrogen) atoms. The van der Waals surface area contributed by atoms with Crippen LogP contribution in [0.1, 0.15) is 30.1 Å². The van der Waals surface area contributed by atoms with E-state index in [-0.39, 0.29) is 0 Å². The first-order valence-corrected chi connectivity index (χ1v) is 5.40. The third-order valence-electron chi connectivity index (χ3n) is 2.94. The number of hydrogen-bond donors (Lipinski definition) is 0. The smallest absolute Gasteiger partial charge is 0.417 e. The van der Waals surface area contributed by atoms with Crippen LogP contribution in [-0.4, -0.2) is 22.5 Å². The van der Waals surface area contributed by atoms with E-state index in [9.17, 15) is 23.1 Å². The molecule has 0 aliphatic carbocycles. The number of carbonyl (C=O) groups excluding carboxylic acids is 1. The zero-order valence-electron chi connectivity index (χ0n) is 9.28. The van der Waals surface area contributed by atoms with Crippen molar-refractivity contribution in [1.29, 1.82) is 0 Å². The molecule has 1 unspecified atom stereocenters. The fraction of sp³-hybridized carbons (Fsp3) is 0.455. The lowest BCUT2D eigenvalue weighted by Crippen LogP contribution is -2.40. The van der Waals surface area contributed by atoms with Crippen molar-refractivity contribution in [2.75, 3.05) is 6.54 Å². The summed E-state index contributed by atoms with van der Waals surface area (Å²) in [5.41, 5.74) is -0.519. The average Bonchev–Trinajstić information content (AvgIpc) is 2.77. The summed E-state index contributed by atoms with van der Waals surface area (Å²) >= 11 is 0. The molecule has 7 heteroatoms. The van der Waals surface area contributed by atoms with Gasteiger partial charge in [0, 0.05) is 12.7 Å². The number of rotatable bonds is 1. The second-order valence-electron chi connectivity index (χ2n) is 4.09. The van der Waals surface area contributed by atoms with Crippen molar-refractivity contribution in [3.05, 3.63) is 29.6 Å². The van der Waals surface area contributed by atoms with E-state index in [4.69, 9.17) is 0 Å². The first-order chi connectivity index (χ1) is 8.39. The van der Waals surface area contributed by atoms with Gasteiger partial charge in [-0.3, -0.25) is 4.98 Å². The van der Waals surface area contributed by atoms with Crippen LogP contribution in [0.4, 0.5) is 18.0 Å². The van der Waals surface area contributed by atoms with E-state index in [0.717, 1.165) is 17.2 Å². The summed E-state index contributed by atoms with van der Waals surface area (Å²) in [6, 6.07) is 1.63. The molecular formula is C11H10F3N2O2-. The van der Waals surface area contributed by atoms with Crippen molar-refractivity contribution < 1.29 is 23.1 Å². The van der Waals surface area contributed by atoms with Crippen LogP contribution in [0, 0.1) is 0 Å². The van der Waals surface area contributed by atoms with Crippen LogP contribution in [0.5, 0.6) is 0 Å². The largest absolute Gasteiger partial charge is 0.530 e. The molecule has 2 rings (SSSR count). The summed E-state index contributed by atoms with van der Waals surface area (Å²) in [6.07, 6.45) is -3.83. The van der Waals surface area contributed by atoms with E-state index in [1.165, 1.54) is 6.07 Å². The lowest BCUT2D eigenvalue weighted by atomic mass is 10.1. The van der Waals surface area contributed by atoms with Crippen molar-refractivity contribution in [1.82, 2.24) is 9.88 Å². The molecular weight excluding hydrogens is 249 g/mol. The molecule has 0 radical (unpaired) electrons. The van der Waals surface area contributed by atoms with Gasteiger partial charge >= 0.3 is 6.18 Å². The van der Waals surface area contributed by atoms with Gasteiger partial charge in [-0.05, 0) is 25.0 Å². The molecule has 1 aliphatic heterocycles. The number of carbonyl (C=O) groups is 1. The minimum absolute atomic E-state index is 0.324. The summed E-state index contributed by atoms with van der Waals surface area (Å²) in [5, 5.41) is 10.8. The maximum atomic E-state index is 12.3. The highest BCUT2D eigenvalue weighted by Gasteiger charge is 2.32. The number of alkyl halides is 3. The predicted octanol–water partition coefficient (Wildman–Crippen LogP) is 1.58. The monoisotopic (exact) mass is 259 g/mol. The van der Waals surface area contributed by atoms with Crippen molar-refractivity contribution in [2.45, 2.75) is 25.1 Å². The molecule has 0 aromatic carbocycles. The van der Waals surface area contributed by atoms with Gasteiger partial charge in [0.05, 0.1) is 17.3 Å². The Hall–Kier alpha value is -1.79. The first-order valence-electron chi connectivity index (χ1n) is 5.40. The van der Waals surface area contributed by atoms with Crippen LogP contribution in [-0.2, 0) is 6.18 Å². The Morgan fingerprint density at radius 3 is 2.67 bits per heavy atom. The maximum absolute atomic E-state index is 12.3. The van der Waals surface area contributed by atoms with Gasteiger partial charge in [0.1, 0.15) is 6.09 Å². The second kappa shape index (κ2) is 4.47. The molecule has 1 saturated heterocycles. The molecule has 0 N–H and O–H groups in total. The summed E-state index contributed by atoms with van der Waals surface area (Å²) in [5.74, 6) is 0. The van der Waals surface area contributed by atoms with Gasteiger partial charge in [-0.2, -0.15) is 13.2 Å². The van der Waals surface area contributed by atoms with Gasteiger partial charge in [0.15, 0.2) is 0 Å². The van der Waals surface area contributed by atoms with E-state index in [1.807, 2.05) is 0 Å². The molecule has 4 nitrogen and oxygen atoms in total. The Bertz CT molecular complexity index is 445. The number of pyridine rings is 1. The third-order valence-corrected chi connectivity index (χ3v) is 2.94. The standard InChI is InChI=1S/C11H11F3N2O2/c12-11(13,14)7-3-4-8(15-6-7)9-2-1-5-16(9)10(17)18/h3-4,6,9H,1-2,5H2,(H,17,18)/p-1. The topological polar surface area (TPSA) is 56.3 Å². The summed E-state index contributed by atoms with van der Waals surface area (Å²) in [4.78, 5) is 15.6. The minimum Gasteiger partial charge on any atom is -0.530 e. The van der Waals surface area contributed by atoms with Gasteiger partial charge in [0.2, 0.25) is 0 Å². The first kappa shape index (κ1) is 12.7. The molecule has 1 aromatic rings. The predicted molar refractivity (Wildman–Crippen MR) is 53.3 cm³/mol. The van der Waals surface area contributed by atoms with Gasteiger partial charge in [-0.15, -0.1) is 0 Å². The second-order valence-corrected chi connectivity index (χ2v) is 4.09. The number of hydrogen-bond acceptors (Lipinski definition) is 3. The highest BCUT2D eigenvalue weighted by molar-refractivity contribution is 5.63. The van der Waals surface area contributed by atoms with Gasteiger partial charge in [0.25, 0.3) is 0 Å². The van der Waals surface area contributed by atoms with Crippen LogP contribution < -0.4 is 5.11 Å². The maximum Gasteiger partial charge on any atom is 0.417 e. The number of amides is 1. The Morgan fingerprint density at radius 1 is 1.44 bits per heavy atom. The fourth-order valence-corrected chi connectivity index (χ4v) is 2.06. The molecule has 0 bridgehead atoms. The zero-order chi connectivity index (χ0) is 13.3. The molecule has 1 aromatic heterocycles. The Morgan fingerprint density at radius 2 is 2.17 bits per heavy atom. The van der Waals surface area contributed by atoms with Crippen molar-refractivity contribution in [3.63, 3.8) is 0 Å². The molecule has 0 saturated carbocycles. The Balaban J connectivity index is 2.22. The van der Waals surface area contributed by atoms with Crippen LogP contribution in [0.3, 0.4) is 0 Å². The van der Waals surface area contributed by atoms with E-state index >= 15 is 0 Å². The van der Waals surface area contributed by atoms with E-state index < -0.39 is 23.9 Å². The fourth-order valence-electron chi connectivity index (χ4n) is 2.06. The molecule has 2 heterocycles. The van der Waals surface area contributed by atoms with Crippen LogP contribution >= 0.6 is 0 Å². The van der Waals surface area contributed by atoms with Gasteiger partial charge in [-0.1, -0.05) is 0 Å². The molecule has 1 fully saturated rings. The average molecular weight is 259 g/mol. The number of nitrogens with zero attached hydrogens (tertiary/aromatic N) is 2. The minimum atomic E-state index is -4.44. The third kappa shape index (κ3) is 2.39. The van der Waals surface area contributed by atoms with Gasteiger partial charge < -0.3 is 14.8 Å². The zero-order valence-corrected chi connectivity index (χ0v) is 9.28. The molecule has 1 aliphatic rings. The number of likely N-dealkylation sites (tertiary alicyclic amines) is 1. The molecule has 98 valence electrons. The SMILES string of the molecule is O=C([O-])N1CCCC1c1ccc(C(F)(F)F)cn1. The highest BCUT2D eigenvalue weighted by atomic mass is 19.4. The molecule has 1 atom stereocenters. The van der Waals surface area contributed by atoms with E-state index in [2.05, 4.69) is 4.98 Å². The highest BCUT2D eigenvalue weighted by Crippen LogP contribution is 2.33. The Kier molecular flexibility index (Phi) is 3.14. The quantitative estimate of drug-likeness (QED) is 0.769.